The number of rotatable bonds is 5. The highest BCUT2D eigenvalue weighted by molar-refractivity contribution is 5.85. The van der Waals surface area contributed by atoms with Crippen molar-refractivity contribution in [3.8, 4) is 22.6 Å². The van der Waals surface area contributed by atoms with Crippen LogP contribution in [0.1, 0.15) is 18.1 Å². The topological polar surface area (TPSA) is 61.7 Å². The third kappa shape index (κ3) is 2.78. The number of aromatic hydroxyl groups is 1. The lowest BCUT2D eigenvalue weighted by molar-refractivity contribution is 0.282. The number of hydrogen-bond acceptors (Lipinski definition) is 4. The molecule has 0 aromatic heterocycles. The van der Waals surface area contributed by atoms with Gasteiger partial charge in [0.25, 0.3) is 0 Å². The Morgan fingerprint density at radius 3 is 2.45 bits per heavy atom. The molecule has 0 spiro atoms. The third-order valence-electron chi connectivity index (χ3n) is 3.64. The van der Waals surface area contributed by atoms with Gasteiger partial charge in [-0.1, -0.05) is 12.6 Å². The van der Waals surface area contributed by atoms with Crippen molar-refractivity contribution >= 4 is 11.3 Å². The average molecular weight is 299 g/mol. The maximum Gasteiger partial charge on any atom is 0.130 e. The lowest BCUT2D eigenvalue weighted by atomic mass is 9.91. The predicted octanol–water partition coefficient (Wildman–Crippen LogP) is 3.63. The van der Waals surface area contributed by atoms with Crippen LogP contribution in [-0.4, -0.2) is 24.4 Å². The van der Waals surface area contributed by atoms with Gasteiger partial charge in [-0.05, 0) is 41.8 Å². The molecule has 0 unspecified atom stereocenters. The van der Waals surface area contributed by atoms with Crippen LogP contribution < -0.4 is 10.1 Å². The summed E-state index contributed by atoms with van der Waals surface area (Å²) in [7, 11) is 3.39. The van der Waals surface area contributed by atoms with E-state index >= 15 is 0 Å². The zero-order chi connectivity index (χ0) is 16.3. The van der Waals surface area contributed by atoms with E-state index in [1.165, 1.54) is 0 Å². The van der Waals surface area contributed by atoms with E-state index in [-0.39, 0.29) is 12.4 Å². The van der Waals surface area contributed by atoms with Crippen LogP contribution in [-0.2, 0) is 6.61 Å². The number of methoxy groups -OCH3 is 1. The number of hydrogen-bond donors (Lipinski definition) is 3. The Labute approximate surface area is 130 Å². The van der Waals surface area contributed by atoms with Crippen LogP contribution in [0.5, 0.6) is 11.5 Å². The number of aliphatic hydroxyl groups is 1. The van der Waals surface area contributed by atoms with Crippen LogP contribution >= 0.6 is 0 Å². The molecule has 0 saturated heterocycles. The van der Waals surface area contributed by atoms with Crippen LogP contribution in [0.2, 0.25) is 0 Å². The van der Waals surface area contributed by atoms with E-state index in [9.17, 15) is 10.2 Å². The van der Waals surface area contributed by atoms with Crippen molar-refractivity contribution in [3.63, 3.8) is 0 Å². The molecule has 4 heteroatoms. The van der Waals surface area contributed by atoms with E-state index in [1.54, 1.807) is 25.3 Å². The summed E-state index contributed by atoms with van der Waals surface area (Å²) in [6.45, 7) is 5.81. The second-order valence-electron chi connectivity index (χ2n) is 5.09. The number of allylic oxidation sites excluding steroid dienone is 1. The van der Waals surface area contributed by atoms with Gasteiger partial charge in [-0.2, -0.15) is 0 Å². The van der Waals surface area contributed by atoms with Gasteiger partial charge < -0.3 is 20.3 Å². The van der Waals surface area contributed by atoms with E-state index in [4.69, 9.17) is 4.74 Å². The predicted molar refractivity (Wildman–Crippen MR) is 90.3 cm³/mol. The smallest absolute Gasteiger partial charge is 0.130 e. The van der Waals surface area contributed by atoms with E-state index in [1.807, 2.05) is 26.1 Å². The molecule has 116 valence electrons. The van der Waals surface area contributed by atoms with Gasteiger partial charge in [0.15, 0.2) is 0 Å². The standard InChI is InChI=1S/C18H21NO3/c1-11(2)18-15(10-20)13(7-8-16(18)19-3)14-6-5-12(21)9-17(14)22-4/h5-9,19-21H,1,10H2,2-4H3. The Morgan fingerprint density at radius 2 is 1.91 bits per heavy atom. The molecule has 0 aliphatic heterocycles. The molecular formula is C18H21NO3. The molecule has 0 fully saturated rings. The summed E-state index contributed by atoms with van der Waals surface area (Å²) < 4.78 is 5.36. The van der Waals surface area contributed by atoms with Crippen molar-refractivity contribution in [2.45, 2.75) is 13.5 Å². The van der Waals surface area contributed by atoms with Crippen LogP contribution in [0.15, 0.2) is 36.9 Å². The number of nitrogens with one attached hydrogen (secondary N) is 1. The average Bonchev–Trinajstić information content (AvgIpc) is 2.53. The highest BCUT2D eigenvalue weighted by atomic mass is 16.5. The Kier molecular flexibility index (Phi) is 4.73. The van der Waals surface area contributed by atoms with E-state index in [0.717, 1.165) is 33.5 Å². The molecule has 0 atom stereocenters. The Bertz CT molecular complexity index is 708. The molecule has 2 aromatic rings. The van der Waals surface area contributed by atoms with Crippen LogP contribution in [0.25, 0.3) is 16.7 Å². The maximum absolute atomic E-state index is 9.89. The summed E-state index contributed by atoms with van der Waals surface area (Å²) in [5, 5.41) is 22.6. The number of aliphatic hydroxyl groups excluding tert-OH is 1. The van der Waals surface area contributed by atoms with Crippen LogP contribution in [0, 0.1) is 0 Å². The molecule has 2 aromatic carbocycles. The zero-order valence-electron chi connectivity index (χ0n) is 13.1. The van der Waals surface area contributed by atoms with Gasteiger partial charge in [0, 0.05) is 29.9 Å². The van der Waals surface area contributed by atoms with Gasteiger partial charge in [0.05, 0.1) is 13.7 Å². The maximum atomic E-state index is 9.89. The Morgan fingerprint density at radius 1 is 1.23 bits per heavy atom. The first-order valence-corrected chi connectivity index (χ1v) is 7.01. The van der Waals surface area contributed by atoms with Gasteiger partial charge in [-0.15, -0.1) is 0 Å². The lowest BCUT2D eigenvalue weighted by Gasteiger charge is -2.19. The van der Waals surface area contributed by atoms with Crippen molar-refractivity contribution in [3.05, 3.63) is 48.0 Å². The van der Waals surface area contributed by atoms with Crippen molar-refractivity contribution < 1.29 is 14.9 Å². The number of benzene rings is 2. The van der Waals surface area contributed by atoms with Crippen molar-refractivity contribution in [1.29, 1.82) is 0 Å². The Balaban J connectivity index is 2.76. The summed E-state index contributed by atoms with van der Waals surface area (Å²) in [4.78, 5) is 0. The molecule has 0 heterocycles. The summed E-state index contributed by atoms with van der Waals surface area (Å²) in [5.74, 6) is 0.692. The van der Waals surface area contributed by atoms with Crippen molar-refractivity contribution in [2.75, 3.05) is 19.5 Å². The fraction of sp³-hybridized carbons (Fsp3) is 0.222. The molecule has 0 aliphatic carbocycles. The second-order valence-corrected chi connectivity index (χ2v) is 5.09. The van der Waals surface area contributed by atoms with Crippen LogP contribution in [0.3, 0.4) is 0 Å². The third-order valence-corrected chi connectivity index (χ3v) is 3.64. The van der Waals surface area contributed by atoms with Gasteiger partial charge >= 0.3 is 0 Å². The molecule has 2 rings (SSSR count). The van der Waals surface area contributed by atoms with Gasteiger partial charge in [0.1, 0.15) is 11.5 Å². The minimum absolute atomic E-state index is 0.114. The van der Waals surface area contributed by atoms with E-state index < -0.39 is 0 Å². The quantitative estimate of drug-likeness (QED) is 0.789. The molecule has 22 heavy (non-hydrogen) atoms. The first kappa shape index (κ1) is 15.9. The van der Waals surface area contributed by atoms with E-state index in [2.05, 4.69) is 11.9 Å². The molecule has 3 N–H and O–H groups in total. The zero-order valence-corrected chi connectivity index (χ0v) is 13.1. The number of phenols is 1. The molecule has 0 aliphatic rings. The lowest BCUT2D eigenvalue weighted by Crippen LogP contribution is -2.02. The molecule has 0 radical (unpaired) electrons. The summed E-state index contributed by atoms with van der Waals surface area (Å²) in [6.07, 6.45) is 0. The SMILES string of the molecule is C=C(C)c1c(NC)ccc(-c2ccc(O)cc2OC)c1CO. The molecule has 0 saturated carbocycles. The highest BCUT2D eigenvalue weighted by Gasteiger charge is 2.17. The number of phenolic OH excluding ortho intramolecular Hbond substituents is 1. The minimum Gasteiger partial charge on any atom is -0.508 e. The summed E-state index contributed by atoms with van der Waals surface area (Å²) in [6, 6.07) is 8.82. The normalized spacial score (nSPS) is 10.4. The van der Waals surface area contributed by atoms with Gasteiger partial charge in [-0.25, -0.2) is 0 Å². The van der Waals surface area contributed by atoms with Crippen molar-refractivity contribution in [2.24, 2.45) is 0 Å². The van der Waals surface area contributed by atoms with E-state index in [0.29, 0.717) is 5.75 Å². The van der Waals surface area contributed by atoms with Gasteiger partial charge in [-0.3, -0.25) is 0 Å². The first-order valence-electron chi connectivity index (χ1n) is 7.01. The second kappa shape index (κ2) is 6.54. The number of ether oxygens (including phenoxy) is 1. The first-order chi connectivity index (χ1) is 10.5. The molecule has 0 amide bonds. The van der Waals surface area contributed by atoms with Crippen LogP contribution in [0.4, 0.5) is 5.69 Å². The monoisotopic (exact) mass is 299 g/mol. The van der Waals surface area contributed by atoms with Crippen molar-refractivity contribution in [1.82, 2.24) is 0 Å². The molecule has 0 bridgehead atoms. The minimum atomic E-state index is -0.114. The molecular weight excluding hydrogens is 278 g/mol. The summed E-state index contributed by atoms with van der Waals surface area (Å²) in [5.41, 5.74) is 5.14. The summed E-state index contributed by atoms with van der Waals surface area (Å²) >= 11 is 0. The molecule has 4 nitrogen and oxygen atoms in total. The number of anilines is 1. The Hall–Kier alpha value is -2.46. The largest absolute Gasteiger partial charge is 0.508 e. The highest BCUT2D eigenvalue weighted by Crippen LogP contribution is 2.39. The fourth-order valence-corrected chi connectivity index (χ4v) is 2.66. The fourth-order valence-electron chi connectivity index (χ4n) is 2.66. The van der Waals surface area contributed by atoms with Gasteiger partial charge in [0.2, 0.25) is 0 Å².